The van der Waals surface area contributed by atoms with Crippen molar-refractivity contribution in [2.24, 2.45) is 11.5 Å². The molecule has 5 heterocycles. The van der Waals surface area contributed by atoms with E-state index in [2.05, 4.69) is 4.52 Å². The molecule has 36 heteroatoms. The molecule has 0 amide bonds. The number of hydrogen-bond donors (Lipinski definition) is 21. The first kappa shape index (κ1) is 60.4. The molecule has 0 unspecified atom stereocenters. The van der Waals surface area contributed by atoms with Gasteiger partial charge in [0.05, 0.1) is 63.4 Å². The highest BCUT2D eigenvalue weighted by atomic mass is 31.2. The summed E-state index contributed by atoms with van der Waals surface area (Å²) in [5, 5.41) is 179. The number of nitrogens with two attached hydrogens (primary N) is 2. The molecule has 0 spiro atoms. The molecule has 5 rings (SSSR count). The molecule has 0 bridgehead atoms. The van der Waals surface area contributed by atoms with Gasteiger partial charge in [0.25, 0.3) is 17.4 Å². The van der Waals surface area contributed by atoms with Crippen LogP contribution in [0.25, 0.3) is 0 Å². The zero-order valence-electron chi connectivity index (χ0n) is 37.2. The third-order valence-electron chi connectivity index (χ3n) is 12.6. The molecule has 5 saturated heterocycles. The van der Waals surface area contributed by atoms with Crippen molar-refractivity contribution in [3.63, 3.8) is 0 Å². The molecule has 0 aromatic rings. The highest BCUT2D eigenvalue weighted by Gasteiger charge is 2.64. The lowest BCUT2D eigenvalue weighted by Gasteiger charge is -2.51. The Bertz CT molecular complexity index is 1890. The summed E-state index contributed by atoms with van der Waals surface area (Å²) in [4.78, 5) is 58.8. The van der Waals surface area contributed by atoms with E-state index in [9.17, 15) is 116 Å². The van der Waals surface area contributed by atoms with E-state index in [0.29, 0.717) is 0 Å². The van der Waals surface area contributed by atoms with Crippen LogP contribution in [0, 0.1) is 0 Å². The van der Waals surface area contributed by atoms with E-state index < -0.39 is 230 Å². The van der Waals surface area contributed by atoms with E-state index in [-0.39, 0.29) is 0 Å². The molecule has 418 valence electrons. The minimum absolute atomic E-state index is 0.820. The molecular formula is C36H61N2O33P. The molecule has 35 nitrogen and oxygen atoms in total. The molecule has 23 N–H and O–H groups in total. The van der Waals surface area contributed by atoms with E-state index in [1.807, 2.05) is 0 Å². The summed E-state index contributed by atoms with van der Waals surface area (Å²) in [6.45, 7) is -6.08. The second kappa shape index (κ2) is 23.8. The molecule has 25 atom stereocenters. The Balaban J connectivity index is 1.50. The average Bonchev–Trinajstić information content (AvgIpc) is 3.32. The van der Waals surface area contributed by atoms with Crippen LogP contribution in [-0.4, -0.2) is 299 Å². The van der Waals surface area contributed by atoms with Crippen LogP contribution in [-0.2, 0) is 66.1 Å². The summed E-state index contributed by atoms with van der Waals surface area (Å²) >= 11 is 0. The van der Waals surface area contributed by atoms with Crippen molar-refractivity contribution in [3.8, 4) is 0 Å². The maximum absolute atomic E-state index is 13.3. The number of aliphatic hydroxyl groups is 14. The Hall–Kier alpha value is -2.48. The number of rotatable bonds is 21. The highest BCUT2D eigenvalue weighted by molar-refractivity contribution is 7.46. The van der Waals surface area contributed by atoms with Gasteiger partial charge >= 0.3 is 25.7 Å². The third-order valence-corrected chi connectivity index (χ3v) is 13.1. The lowest BCUT2D eigenvalue weighted by atomic mass is 9.89. The third kappa shape index (κ3) is 12.7. The lowest BCUT2D eigenvalue weighted by molar-refractivity contribution is -0.394. The molecule has 0 aromatic heterocycles. The number of aliphatic hydroxyl groups excluding tert-OH is 14. The van der Waals surface area contributed by atoms with Crippen LogP contribution < -0.4 is 11.5 Å². The van der Waals surface area contributed by atoms with Gasteiger partial charge in [-0.3, -0.25) is 4.52 Å². The van der Waals surface area contributed by atoms with Crippen LogP contribution in [0.5, 0.6) is 0 Å². The maximum atomic E-state index is 13.3. The van der Waals surface area contributed by atoms with Crippen molar-refractivity contribution in [1.29, 1.82) is 0 Å². The first-order valence-electron chi connectivity index (χ1n) is 21.6. The maximum Gasteiger partial charge on any atom is 0.470 e. The van der Waals surface area contributed by atoms with E-state index >= 15 is 0 Å². The van der Waals surface area contributed by atoms with Crippen LogP contribution in [0.3, 0.4) is 0 Å². The predicted molar refractivity (Wildman–Crippen MR) is 215 cm³/mol. The zero-order chi connectivity index (χ0) is 54.2. The smallest absolute Gasteiger partial charge is 0.470 e. The Morgan fingerprint density at radius 1 is 0.583 bits per heavy atom. The molecular weight excluding hydrogens is 1020 g/mol. The number of hydrogen-bond acceptors (Lipinski definition) is 30. The number of ether oxygens (including phenoxy) is 9. The van der Waals surface area contributed by atoms with Crippen molar-refractivity contribution < 1.29 is 163 Å². The summed E-state index contributed by atoms with van der Waals surface area (Å²) in [7, 11) is -5.65. The number of phosphoric acid groups is 1. The molecule has 0 aliphatic carbocycles. The second-order valence-electron chi connectivity index (χ2n) is 17.6. The van der Waals surface area contributed by atoms with Crippen LogP contribution >= 0.6 is 7.82 Å². The fourth-order valence-corrected chi connectivity index (χ4v) is 9.19. The Labute approximate surface area is 403 Å². The number of carbonyl (C=O) groups is 3. The number of aliphatic carboxylic acids is 3. The first-order chi connectivity index (χ1) is 33.4. The van der Waals surface area contributed by atoms with Gasteiger partial charge in [-0.25, -0.2) is 18.9 Å². The summed E-state index contributed by atoms with van der Waals surface area (Å²) in [5.74, 6) is -16.9. The Morgan fingerprint density at radius 3 is 1.49 bits per heavy atom. The number of carboxylic acids is 3. The summed E-state index contributed by atoms with van der Waals surface area (Å²) in [6.07, 6.45) is -47.4. The van der Waals surface area contributed by atoms with Crippen LogP contribution in [0.1, 0.15) is 19.3 Å². The van der Waals surface area contributed by atoms with Crippen LogP contribution in [0.15, 0.2) is 0 Å². The minimum Gasteiger partial charge on any atom is -0.477 e. The number of phosphoric ester groups is 1. The van der Waals surface area contributed by atoms with Gasteiger partial charge in [0, 0.05) is 19.3 Å². The van der Waals surface area contributed by atoms with Crippen LogP contribution in [0.4, 0.5) is 0 Å². The van der Waals surface area contributed by atoms with Gasteiger partial charge in [0.15, 0.2) is 12.6 Å². The van der Waals surface area contributed by atoms with Crippen molar-refractivity contribution >= 4 is 25.7 Å². The lowest BCUT2D eigenvalue weighted by Crippen LogP contribution is -2.70. The van der Waals surface area contributed by atoms with E-state index in [0.717, 1.165) is 0 Å². The molecule has 5 aliphatic rings. The van der Waals surface area contributed by atoms with E-state index in [1.54, 1.807) is 0 Å². The highest BCUT2D eigenvalue weighted by Crippen LogP contribution is 2.45. The van der Waals surface area contributed by atoms with Gasteiger partial charge < -0.3 is 151 Å². The average molecular weight is 1080 g/mol. The van der Waals surface area contributed by atoms with Gasteiger partial charge in [-0.05, 0) is 0 Å². The van der Waals surface area contributed by atoms with E-state index in [4.69, 9.17) is 54.1 Å². The van der Waals surface area contributed by atoms with Crippen molar-refractivity contribution in [2.75, 3.05) is 33.0 Å². The summed E-state index contributed by atoms with van der Waals surface area (Å²) in [6, 6.07) is -3.30. The molecule has 5 aliphatic heterocycles. The summed E-state index contributed by atoms with van der Waals surface area (Å²) < 4.78 is 66.2. The quantitative estimate of drug-likeness (QED) is 0.0475. The monoisotopic (exact) mass is 1080 g/mol. The molecule has 72 heavy (non-hydrogen) atoms. The van der Waals surface area contributed by atoms with Crippen molar-refractivity contribution in [2.45, 2.75) is 171 Å². The van der Waals surface area contributed by atoms with Gasteiger partial charge in [0.2, 0.25) is 0 Å². The minimum atomic E-state index is -5.65. The molecule has 0 saturated carbocycles. The standard InChI is InChI=1S/C36H61N2O33P/c37-17-23(50)20(47)15(64-29(17)52)7-62-30-18(38)24(51)28(71-72(59,60)61)16(65-30)8-63-34(31(53)54)2-13(21(48)26(68-34)11(44)5-40)67-36(33(57)58)3-14(22(49)27(70-36)12(45)6-41)66-35(32(55)56)1-9(42)19(46)25(69-35)10(43)4-39/h9-30,39-52H,1-8,37-38H2,(H,53,54)(H,55,56)(H,57,58)(H2,59,60,61)/t9-,10-,11-,12-,13-,14-,15-,16-,17-,18-,19-,20-,21-,22-,23-,24-,25-,26-,27-,28-,29+,30-,34-,35-,36-/m1/s1. The second-order valence-corrected chi connectivity index (χ2v) is 18.8. The van der Waals surface area contributed by atoms with Crippen LogP contribution in [0.2, 0.25) is 0 Å². The molecule has 0 aromatic carbocycles. The van der Waals surface area contributed by atoms with Crippen molar-refractivity contribution in [3.05, 3.63) is 0 Å². The fraction of sp³-hybridized carbons (Fsp3) is 0.917. The SMILES string of the molecule is N[C@@H]1[C@@H](O)[C@H](O)[C@@H](CO[C@@H]2O[C@H](CO[C@]3(C(=O)O)C[C@@H](O[C@]4(C(=O)O)C[C@@H](O[C@]5(C(=O)O)C[C@@H](O)[C@@H](O)[C@@H]([C@H](O)CO)O5)[C@@H](O)[C@@H]([C@H](O)CO)O4)[C@@H](O)[C@@H]([C@H](O)CO)O3)[C@@H](OP(=O)(O)O)[C@H](O)[C@H]2N)O[C@@H]1O. The van der Waals surface area contributed by atoms with E-state index in [1.165, 1.54) is 0 Å². The number of carboxylic acid groups (broad SMARTS) is 3. The Morgan fingerprint density at radius 2 is 1.03 bits per heavy atom. The van der Waals surface area contributed by atoms with Gasteiger partial charge in [-0.1, -0.05) is 0 Å². The van der Waals surface area contributed by atoms with Gasteiger partial charge in [0.1, 0.15) is 91.6 Å². The first-order valence-corrected chi connectivity index (χ1v) is 23.2. The fourth-order valence-electron chi connectivity index (χ4n) is 8.61. The van der Waals surface area contributed by atoms with Gasteiger partial charge in [-0.15, -0.1) is 0 Å². The predicted octanol–water partition coefficient (Wildman–Crippen LogP) is -12.3. The Kier molecular flexibility index (Phi) is 20.0. The van der Waals surface area contributed by atoms with Gasteiger partial charge in [-0.2, -0.15) is 0 Å². The normalized spacial score (nSPS) is 45.4. The molecule has 5 fully saturated rings. The van der Waals surface area contributed by atoms with Crippen molar-refractivity contribution in [1.82, 2.24) is 0 Å². The summed E-state index contributed by atoms with van der Waals surface area (Å²) in [5.41, 5.74) is 11.6. The molecule has 0 radical (unpaired) electrons. The largest absolute Gasteiger partial charge is 0.477 e. The topological polar surface area (TPSA) is 597 Å². The zero-order valence-corrected chi connectivity index (χ0v) is 38.1.